The Morgan fingerprint density at radius 2 is 1.83 bits per heavy atom. The van der Waals surface area contributed by atoms with Crippen LogP contribution in [0.2, 0.25) is 0 Å². The van der Waals surface area contributed by atoms with Crippen LogP contribution in [-0.2, 0) is 14.4 Å². The molecular formula is C27H32N2O6. The number of hydrogen-bond donors (Lipinski definition) is 1. The molecule has 8 nitrogen and oxygen atoms in total. The maximum atomic E-state index is 13.2. The number of ether oxygens (including phenoxy) is 2. The average molecular weight is 481 g/mol. The number of hydrogen-bond acceptors (Lipinski definition) is 7. The Morgan fingerprint density at radius 1 is 1.11 bits per heavy atom. The minimum Gasteiger partial charge on any atom is -0.507 e. The molecule has 0 aromatic heterocycles. The molecule has 35 heavy (non-hydrogen) atoms. The Bertz CT molecular complexity index is 1150. The first-order chi connectivity index (χ1) is 16.7. The highest BCUT2D eigenvalue weighted by Gasteiger charge is 2.46. The number of likely N-dealkylation sites (tertiary alicyclic amines) is 1. The zero-order valence-electron chi connectivity index (χ0n) is 20.8. The van der Waals surface area contributed by atoms with E-state index < -0.39 is 23.7 Å². The van der Waals surface area contributed by atoms with Gasteiger partial charge >= 0.3 is 5.97 Å². The lowest BCUT2D eigenvalue weighted by molar-refractivity contribution is -0.140. The van der Waals surface area contributed by atoms with E-state index in [4.69, 9.17) is 9.47 Å². The van der Waals surface area contributed by atoms with Crippen molar-refractivity contribution >= 4 is 23.4 Å². The molecule has 1 aliphatic rings. The second kappa shape index (κ2) is 11.2. The van der Waals surface area contributed by atoms with Gasteiger partial charge in [0, 0.05) is 25.6 Å². The van der Waals surface area contributed by atoms with Crippen molar-refractivity contribution in [2.45, 2.75) is 33.7 Å². The van der Waals surface area contributed by atoms with Gasteiger partial charge in [-0.1, -0.05) is 26.0 Å². The predicted molar refractivity (Wildman–Crippen MR) is 132 cm³/mol. The molecule has 1 heterocycles. The summed E-state index contributed by atoms with van der Waals surface area (Å²) < 4.78 is 10.5. The highest BCUT2D eigenvalue weighted by Crippen LogP contribution is 2.40. The molecule has 2 aromatic carbocycles. The van der Waals surface area contributed by atoms with Crippen LogP contribution in [0.4, 0.5) is 0 Å². The van der Waals surface area contributed by atoms with Gasteiger partial charge in [0.05, 0.1) is 18.7 Å². The van der Waals surface area contributed by atoms with Crippen LogP contribution in [0, 0.1) is 6.92 Å². The lowest BCUT2D eigenvalue weighted by atomic mass is 9.94. The number of Topliss-reactive ketones (excluding diaryl/α,β-unsaturated/α-hetero) is 1. The van der Waals surface area contributed by atoms with Crippen LogP contribution in [0.5, 0.6) is 11.5 Å². The first-order valence-electron chi connectivity index (χ1n) is 11.7. The molecule has 0 bridgehead atoms. The molecule has 0 radical (unpaired) electrons. The van der Waals surface area contributed by atoms with Crippen LogP contribution in [0.1, 0.15) is 43.5 Å². The minimum absolute atomic E-state index is 0.000844. The molecule has 1 N–H and O–H groups in total. The standard InChI is InChI=1S/C27H32N2O6/c1-6-28(7-2)13-14-29-24(19-9-8-10-21(16-19)35-18(4)30)23(26(32)27(29)33)25(31)20-11-12-22(34-5)17(3)15-20/h8-12,15-16,24,31H,6-7,13-14H2,1-5H3/b25-23+. The number of esters is 1. The first kappa shape index (κ1) is 26.0. The number of methoxy groups -OCH3 is 1. The van der Waals surface area contributed by atoms with Gasteiger partial charge in [0.15, 0.2) is 0 Å². The molecular weight excluding hydrogens is 448 g/mol. The van der Waals surface area contributed by atoms with E-state index in [9.17, 15) is 19.5 Å². The molecule has 186 valence electrons. The highest BCUT2D eigenvalue weighted by atomic mass is 16.5. The van der Waals surface area contributed by atoms with E-state index in [-0.39, 0.29) is 11.3 Å². The maximum Gasteiger partial charge on any atom is 0.308 e. The van der Waals surface area contributed by atoms with E-state index in [1.807, 2.05) is 20.8 Å². The van der Waals surface area contributed by atoms with Gasteiger partial charge in [0.2, 0.25) is 0 Å². The lowest BCUT2D eigenvalue weighted by Gasteiger charge is -2.28. The summed E-state index contributed by atoms with van der Waals surface area (Å²) in [5, 5.41) is 11.3. The van der Waals surface area contributed by atoms with Crippen molar-refractivity contribution < 1.29 is 29.0 Å². The third-order valence-electron chi connectivity index (χ3n) is 6.20. The van der Waals surface area contributed by atoms with Gasteiger partial charge in [-0.05, 0) is 61.5 Å². The fourth-order valence-electron chi connectivity index (χ4n) is 4.34. The monoisotopic (exact) mass is 480 g/mol. The summed E-state index contributed by atoms with van der Waals surface area (Å²) >= 11 is 0. The van der Waals surface area contributed by atoms with Crippen LogP contribution in [0.25, 0.3) is 5.76 Å². The van der Waals surface area contributed by atoms with Crippen molar-refractivity contribution in [2.24, 2.45) is 0 Å². The number of rotatable bonds is 9. The summed E-state index contributed by atoms with van der Waals surface area (Å²) in [4.78, 5) is 41.5. The molecule has 0 saturated carbocycles. The predicted octanol–water partition coefficient (Wildman–Crippen LogP) is 3.69. The van der Waals surface area contributed by atoms with E-state index in [2.05, 4.69) is 4.90 Å². The molecule has 1 atom stereocenters. The summed E-state index contributed by atoms with van der Waals surface area (Å²) in [6.07, 6.45) is 0. The Labute approximate surface area is 205 Å². The highest BCUT2D eigenvalue weighted by molar-refractivity contribution is 6.46. The number of ketones is 1. The molecule has 1 unspecified atom stereocenters. The zero-order valence-corrected chi connectivity index (χ0v) is 20.8. The number of carbonyl (C=O) groups excluding carboxylic acids is 3. The molecule has 1 aliphatic heterocycles. The number of aliphatic hydroxyl groups is 1. The normalized spacial score (nSPS) is 17.2. The summed E-state index contributed by atoms with van der Waals surface area (Å²) in [7, 11) is 1.55. The van der Waals surface area contributed by atoms with Gasteiger partial charge < -0.3 is 24.4 Å². The van der Waals surface area contributed by atoms with Crippen molar-refractivity contribution in [1.29, 1.82) is 0 Å². The largest absolute Gasteiger partial charge is 0.507 e. The smallest absolute Gasteiger partial charge is 0.308 e. The first-order valence-corrected chi connectivity index (χ1v) is 11.7. The van der Waals surface area contributed by atoms with E-state index >= 15 is 0 Å². The van der Waals surface area contributed by atoms with Crippen molar-refractivity contribution in [1.82, 2.24) is 9.80 Å². The number of carbonyl (C=O) groups is 3. The fourth-order valence-corrected chi connectivity index (χ4v) is 4.34. The van der Waals surface area contributed by atoms with Crippen LogP contribution in [0.15, 0.2) is 48.0 Å². The molecule has 2 aromatic rings. The van der Waals surface area contributed by atoms with E-state index in [1.165, 1.54) is 11.8 Å². The van der Waals surface area contributed by atoms with Crippen molar-refractivity contribution in [3.05, 3.63) is 64.7 Å². The number of likely N-dealkylation sites (N-methyl/N-ethyl adjacent to an activating group) is 1. The Balaban J connectivity index is 2.14. The van der Waals surface area contributed by atoms with Crippen LogP contribution >= 0.6 is 0 Å². The third kappa shape index (κ3) is 5.54. The molecule has 1 amide bonds. The van der Waals surface area contributed by atoms with E-state index in [0.29, 0.717) is 35.7 Å². The van der Waals surface area contributed by atoms with Crippen molar-refractivity contribution in [3.8, 4) is 11.5 Å². The number of benzene rings is 2. The number of nitrogens with zero attached hydrogens (tertiary/aromatic N) is 2. The molecule has 1 saturated heterocycles. The van der Waals surface area contributed by atoms with Crippen LogP contribution in [0.3, 0.4) is 0 Å². The van der Waals surface area contributed by atoms with E-state index in [1.54, 1.807) is 49.6 Å². The number of amides is 1. The number of aryl methyl sites for hydroxylation is 1. The summed E-state index contributed by atoms with van der Waals surface area (Å²) in [6, 6.07) is 10.9. The van der Waals surface area contributed by atoms with Crippen LogP contribution < -0.4 is 9.47 Å². The van der Waals surface area contributed by atoms with Gasteiger partial charge in [-0.15, -0.1) is 0 Å². The second-order valence-electron chi connectivity index (χ2n) is 8.37. The van der Waals surface area contributed by atoms with Gasteiger partial charge in [-0.3, -0.25) is 14.4 Å². The molecule has 0 aliphatic carbocycles. The van der Waals surface area contributed by atoms with Crippen molar-refractivity contribution in [3.63, 3.8) is 0 Å². The topological polar surface area (TPSA) is 96.4 Å². The minimum atomic E-state index is -0.830. The molecule has 0 spiro atoms. The summed E-state index contributed by atoms with van der Waals surface area (Å²) in [6.45, 7) is 9.67. The van der Waals surface area contributed by atoms with Gasteiger partial charge in [-0.2, -0.15) is 0 Å². The lowest BCUT2D eigenvalue weighted by Crippen LogP contribution is -2.38. The summed E-state index contributed by atoms with van der Waals surface area (Å²) in [5.74, 6) is -1.23. The second-order valence-corrected chi connectivity index (χ2v) is 8.37. The zero-order chi connectivity index (χ0) is 25.7. The van der Waals surface area contributed by atoms with Gasteiger partial charge in [-0.25, -0.2) is 0 Å². The quantitative estimate of drug-likeness (QED) is 0.192. The van der Waals surface area contributed by atoms with Crippen LogP contribution in [-0.4, -0.2) is 65.9 Å². The molecule has 8 heteroatoms. The summed E-state index contributed by atoms with van der Waals surface area (Å²) in [5.41, 5.74) is 1.75. The Hall–Kier alpha value is -3.65. The number of aliphatic hydroxyl groups excluding tert-OH is 1. The third-order valence-corrected chi connectivity index (χ3v) is 6.20. The molecule has 3 rings (SSSR count). The fraction of sp³-hybridized carbons (Fsp3) is 0.370. The SMILES string of the molecule is CCN(CC)CCN1C(=O)C(=O)/C(=C(/O)c2ccc(OC)c(C)c2)C1c1cccc(OC(C)=O)c1. The van der Waals surface area contributed by atoms with Gasteiger partial charge in [0.25, 0.3) is 11.7 Å². The Kier molecular flexibility index (Phi) is 8.30. The van der Waals surface area contributed by atoms with Crippen molar-refractivity contribution in [2.75, 3.05) is 33.3 Å². The maximum absolute atomic E-state index is 13.2. The average Bonchev–Trinajstić information content (AvgIpc) is 3.09. The Morgan fingerprint density at radius 3 is 2.43 bits per heavy atom. The molecule has 1 fully saturated rings. The van der Waals surface area contributed by atoms with E-state index in [0.717, 1.165) is 18.7 Å². The van der Waals surface area contributed by atoms with Gasteiger partial charge in [0.1, 0.15) is 17.3 Å².